The van der Waals surface area contributed by atoms with Gasteiger partial charge in [-0.1, -0.05) is 142 Å². The molecule has 0 fully saturated rings. The number of amides is 1. The van der Waals surface area contributed by atoms with E-state index in [1.807, 2.05) is 12.1 Å². The first-order chi connectivity index (χ1) is 28.0. The molecule has 1 aromatic carbocycles. The number of nitrogen functional groups attached to an aromatic ring is 1. The van der Waals surface area contributed by atoms with Crippen molar-refractivity contribution in [1.29, 1.82) is 0 Å². The van der Waals surface area contributed by atoms with Crippen LogP contribution >= 0.6 is 0 Å². The number of ether oxygens (including phenoxy) is 4. The summed E-state index contributed by atoms with van der Waals surface area (Å²) in [4.78, 5) is 37.1. The Morgan fingerprint density at radius 2 is 1.33 bits per heavy atom. The molecule has 1 amide bonds. The zero-order valence-corrected chi connectivity index (χ0v) is 35.8. The van der Waals surface area contributed by atoms with Gasteiger partial charge in [0.2, 0.25) is 0 Å². The Labute approximate surface area is 342 Å². The van der Waals surface area contributed by atoms with Gasteiger partial charge in [0.25, 0.3) is 5.91 Å². The Morgan fingerprint density at radius 3 is 1.93 bits per heavy atom. The topological polar surface area (TPSA) is 156 Å². The Morgan fingerprint density at radius 1 is 0.754 bits per heavy atom. The van der Waals surface area contributed by atoms with Crippen molar-refractivity contribution >= 4 is 22.9 Å². The molecular formula is C45H76N6O6. The number of carbonyl (C=O) groups excluding carboxylic acids is 1. The van der Waals surface area contributed by atoms with Crippen molar-refractivity contribution in [2.75, 3.05) is 52.4 Å². The summed E-state index contributed by atoms with van der Waals surface area (Å²) in [5.74, 6) is -0.0108. The smallest absolute Gasteiger partial charge is 0.328 e. The molecule has 0 aliphatic heterocycles. The monoisotopic (exact) mass is 797 g/mol. The van der Waals surface area contributed by atoms with Crippen LogP contribution < -0.4 is 21.5 Å². The zero-order chi connectivity index (χ0) is 40.8. The van der Waals surface area contributed by atoms with Crippen LogP contribution in [0.3, 0.4) is 0 Å². The molecule has 3 rings (SSSR count). The maximum atomic E-state index is 13.0. The Hall–Kier alpha value is -3.48. The van der Waals surface area contributed by atoms with Crippen LogP contribution in [-0.2, 0) is 20.8 Å². The van der Waals surface area contributed by atoms with E-state index in [2.05, 4.69) is 34.1 Å². The lowest BCUT2D eigenvalue weighted by atomic mass is 10.1. The van der Waals surface area contributed by atoms with Crippen molar-refractivity contribution in [3.63, 3.8) is 0 Å². The summed E-state index contributed by atoms with van der Waals surface area (Å²) in [7, 11) is 1.57. The van der Waals surface area contributed by atoms with E-state index in [0.29, 0.717) is 36.5 Å². The van der Waals surface area contributed by atoms with E-state index in [4.69, 9.17) is 24.7 Å². The van der Waals surface area contributed by atoms with Gasteiger partial charge in [-0.25, -0.2) is 4.79 Å². The number of H-pyrrole nitrogens is 1. The number of imidazole rings is 1. The highest BCUT2D eigenvalue weighted by atomic mass is 16.5. The molecule has 1 atom stereocenters. The minimum atomic E-state index is -0.364. The predicted molar refractivity (Wildman–Crippen MR) is 231 cm³/mol. The van der Waals surface area contributed by atoms with E-state index in [-0.39, 0.29) is 42.7 Å². The molecule has 0 saturated carbocycles. The predicted octanol–water partition coefficient (Wildman–Crippen LogP) is 9.53. The second-order valence-electron chi connectivity index (χ2n) is 15.5. The number of benzene rings is 1. The van der Waals surface area contributed by atoms with E-state index in [0.717, 1.165) is 44.5 Å². The number of anilines is 1. The van der Waals surface area contributed by atoms with Gasteiger partial charge in [-0.2, -0.15) is 9.97 Å². The van der Waals surface area contributed by atoms with Crippen LogP contribution in [0, 0.1) is 0 Å². The quantitative estimate of drug-likeness (QED) is 0.0488. The summed E-state index contributed by atoms with van der Waals surface area (Å²) in [5.41, 5.74) is 7.79. The average molecular weight is 797 g/mol. The first kappa shape index (κ1) is 47.9. The highest BCUT2D eigenvalue weighted by molar-refractivity contribution is 5.94. The summed E-state index contributed by atoms with van der Waals surface area (Å²) < 4.78 is 24.5. The van der Waals surface area contributed by atoms with E-state index in [1.54, 1.807) is 19.2 Å². The summed E-state index contributed by atoms with van der Waals surface area (Å²) in [6.07, 6.45) is 27.8. The molecule has 4 N–H and O–H groups in total. The van der Waals surface area contributed by atoms with Crippen LogP contribution in [0.5, 0.6) is 6.01 Å². The zero-order valence-electron chi connectivity index (χ0n) is 35.8. The molecule has 0 saturated heterocycles. The normalized spacial score (nSPS) is 12.1. The number of nitrogens with two attached hydrogens (primary N) is 1. The lowest BCUT2D eigenvalue weighted by molar-refractivity contribution is -0.0231. The van der Waals surface area contributed by atoms with Gasteiger partial charge in [0.1, 0.15) is 12.1 Å². The van der Waals surface area contributed by atoms with Crippen molar-refractivity contribution in [2.45, 2.75) is 168 Å². The first-order valence-electron chi connectivity index (χ1n) is 22.4. The maximum Gasteiger partial charge on any atom is 0.328 e. The SMILES string of the molecule is CCCCCCCCCCCCOCC(CCCNC(=O)c1ccc(Cn2c(=O)[nH]c3c(N)nc(OCCOC)nc32)cc1)OCCCCCCCCCCCC. The number of nitrogens with one attached hydrogen (secondary N) is 2. The van der Waals surface area contributed by atoms with Gasteiger partial charge in [0.05, 0.1) is 25.9 Å². The molecule has 2 aromatic heterocycles. The van der Waals surface area contributed by atoms with Gasteiger partial charge >= 0.3 is 11.7 Å². The molecule has 0 bridgehead atoms. The maximum absolute atomic E-state index is 13.0. The molecule has 0 aliphatic carbocycles. The van der Waals surface area contributed by atoms with Crippen molar-refractivity contribution in [3.05, 3.63) is 45.9 Å². The van der Waals surface area contributed by atoms with Crippen LogP contribution in [0.1, 0.15) is 171 Å². The Balaban J connectivity index is 1.40. The number of carbonyl (C=O) groups is 1. The molecule has 0 radical (unpaired) electrons. The lowest BCUT2D eigenvalue weighted by Gasteiger charge is -2.18. The van der Waals surface area contributed by atoms with E-state index < -0.39 is 0 Å². The Bertz CT molecular complexity index is 1530. The summed E-state index contributed by atoms with van der Waals surface area (Å²) in [6, 6.07) is 7.29. The van der Waals surface area contributed by atoms with Crippen LogP contribution in [0.25, 0.3) is 11.2 Å². The second-order valence-corrected chi connectivity index (χ2v) is 15.5. The summed E-state index contributed by atoms with van der Waals surface area (Å²) in [6.45, 7) is 8.08. The van der Waals surface area contributed by atoms with E-state index in [9.17, 15) is 9.59 Å². The fourth-order valence-electron chi connectivity index (χ4n) is 7.00. The highest BCUT2D eigenvalue weighted by Gasteiger charge is 2.16. The fourth-order valence-corrected chi connectivity index (χ4v) is 7.00. The van der Waals surface area contributed by atoms with Crippen LogP contribution in [0.4, 0.5) is 5.82 Å². The minimum absolute atomic E-state index is 0.0319. The van der Waals surface area contributed by atoms with Gasteiger partial charge < -0.3 is 35.0 Å². The fraction of sp³-hybridized carbons (Fsp3) is 0.733. The van der Waals surface area contributed by atoms with Crippen LogP contribution in [0.2, 0.25) is 0 Å². The van der Waals surface area contributed by atoms with Crippen molar-refractivity contribution in [3.8, 4) is 6.01 Å². The minimum Gasteiger partial charge on any atom is -0.461 e. The largest absolute Gasteiger partial charge is 0.461 e. The molecule has 12 nitrogen and oxygen atoms in total. The second kappa shape index (κ2) is 30.6. The van der Waals surface area contributed by atoms with E-state index in [1.165, 1.54) is 120 Å². The number of aromatic nitrogens is 4. The molecule has 3 aromatic rings. The number of rotatable bonds is 36. The molecule has 57 heavy (non-hydrogen) atoms. The van der Waals surface area contributed by atoms with Crippen LogP contribution in [-0.4, -0.2) is 78.2 Å². The number of hydrogen-bond acceptors (Lipinski definition) is 9. The van der Waals surface area contributed by atoms with Gasteiger partial charge in [0, 0.05) is 32.4 Å². The molecular weight excluding hydrogens is 721 g/mol. The molecule has 2 heterocycles. The van der Waals surface area contributed by atoms with Crippen molar-refractivity contribution < 1.29 is 23.7 Å². The average Bonchev–Trinajstić information content (AvgIpc) is 3.53. The standard InChI is InChI=1S/C45H76N6O6/c1-4-6-8-10-12-14-16-18-20-22-31-55-36-39(56-32-23-21-19-17-15-13-11-9-7-5-2)25-24-30-47-43(52)38-28-26-37(27-29-38)35-51-42-40(48-45(51)53)41(46)49-44(50-42)57-34-33-54-3/h26-29,39H,4-25,30-36H2,1-3H3,(H,47,52)(H,48,53)(H2,46,49,50). The number of nitrogens with zero attached hydrogens (tertiary/aromatic N) is 3. The highest BCUT2D eigenvalue weighted by Crippen LogP contribution is 2.19. The molecule has 322 valence electrons. The Kier molecular flexibility index (Phi) is 25.7. The number of aromatic amines is 1. The van der Waals surface area contributed by atoms with Crippen LogP contribution in [0.15, 0.2) is 29.1 Å². The third-order valence-corrected chi connectivity index (χ3v) is 10.5. The molecule has 1 unspecified atom stereocenters. The third kappa shape index (κ3) is 20.2. The van der Waals surface area contributed by atoms with Gasteiger partial charge in [0.15, 0.2) is 11.5 Å². The number of fused-ring (bicyclic) bond motifs is 1. The molecule has 0 spiro atoms. The van der Waals surface area contributed by atoms with E-state index >= 15 is 0 Å². The van der Waals surface area contributed by atoms with Crippen molar-refractivity contribution in [2.24, 2.45) is 0 Å². The number of methoxy groups -OCH3 is 1. The molecule has 12 heteroatoms. The van der Waals surface area contributed by atoms with Crippen molar-refractivity contribution in [1.82, 2.24) is 24.8 Å². The third-order valence-electron chi connectivity index (χ3n) is 10.5. The first-order valence-corrected chi connectivity index (χ1v) is 22.4. The molecule has 0 aliphatic rings. The van der Waals surface area contributed by atoms with Gasteiger partial charge in [-0.15, -0.1) is 0 Å². The summed E-state index contributed by atoms with van der Waals surface area (Å²) in [5, 5.41) is 3.06. The lowest BCUT2D eigenvalue weighted by Crippen LogP contribution is -2.27. The summed E-state index contributed by atoms with van der Waals surface area (Å²) >= 11 is 0. The number of unbranched alkanes of at least 4 members (excludes halogenated alkanes) is 18. The number of hydrogen-bond donors (Lipinski definition) is 3. The van der Waals surface area contributed by atoms with Gasteiger partial charge in [-0.05, 0) is 43.4 Å². The van der Waals surface area contributed by atoms with Gasteiger partial charge in [-0.3, -0.25) is 9.36 Å².